The van der Waals surface area contributed by atoms with Crippen molar-refractivity contribution in [2.75, 3.05) is 10.7 Å². The molecule has 9 nitrogen and oxygen atoms in total. The maximum atomic E-state index is 12.4. The Balaban J connectivity index is 1.51. The number of non-ortho nitro benzene ring substituents is 1. The zero-order valence-electron chi connectivity index (χ0n) is 18.6. The van der Waals surface area contributed by atoms with Crippen LogP contribution in [-0.2, 0) is 4.79 Å². The third-order valence-corrected chi connectivity index (χ3v) is 6.75. The summed E-state index contributed by atoms with van der Waals surface area (Å²) in [6.45, 7) is 0. The van der Waals surface area contributed by atoms with Crippen molar-refractivity contribution in [1.29, 1.82) is 0 Å². The maximum Gasteiger partial charge on any atom is 0.269 e. The molecule has 36 heavy (non-hydrogen) atoms. The van der Waals surface area contributed by atoms with Gasteiger partial charge in [-0.25, -0.2) is 4.68 Å². The number of carbonyl (C=O) groups is 1. The van der Waals surface area contributed by atoms with Gasteiger partial charge in [-0.05, 0) is 48.5 Å². The van der Waals surface area contributed by atoms with Gasteiger partial charge in [-0.15, -0.1) is 5.10 Å². The third kappa shape index (κ3) is 4.97. The summed E-state index contributed by atoms with van der Waals surface area (Å²) >= 11 is 4.75. The van der Waals surface area contributed by atoms with Crippen LogP contribution in [0.15, 0.2) is 99.7 Å². The van der Waals surface area contributed by atoms with Crippen LogP contribution in [0.5, 0.6) is 0 Å². The molecule has 0 N–H and O–H groups in total. The predicted molar refractivity (Wildman–Crippen MR) is 145 cm³/mol. The molecule has 1 amide bonds. The van der Waals surface area contributed by atoms with E-state index in [9.17, 15) is 14.9 Å². The minimum atomic E-state index is -0.443. The topological polar surface area (TPSA) is 106 Å². The Morgan fingerprint density at radius 2 is 1.72 bits per heavy atom. The van der Waals surface area contributed by atoms with E-state index in [1.807, 2.05) is 60.8 Å². The van der Waals surface area contributed by atoms with Gasteiger partial charge in [-0.3, -0.25) is 19.8 Å². The second-order valence-electron chi connectivity index (χ2n) is 7.64. The fraction of sp³-hybridized carbons (Fsp3) is 0.0400. The largest absolute Gasteiger partial charge is 0.273 e. The fourth-order valence-electron chi connectivity index (χ4n) is 3.58. The smallest absolute Gasteiger partial charge is 0.269 e. The van der Waals surface area contributed by atoms with Crippen LogP contribution in [0.25, 0.3) is 16.9 Å². The van der Waals surface area contributed by atoms with Gasteiger partial charge in [0.25, 0.3) is 5.69 Å². The number of hydrogen-bond acceptors (Lipinski definition) is 7. The molecule has 3 aromatic carbocycles. The summed E-state index contributed by atoms with van der Waals surface area (Å²) in [5.74, 6) is 0.230. The summed E-state index contributed by atoms with van der Waals surface area (Å²) in [5, 5.41) is 24.8. The Labute approximate surface area is 218 Å². The molecule has 0 radical (unpaired) electrons. The van der Waals surface area contributed by atoms with Crippen molar-refractivity contribution in [3.63, 3.8) is 0 Å². The van der Waals surface area contributed by atoms with E-state index in [0.717, 1.165) is 15.8 Å². The van der Waals surface area contributed by atoms with E-state index in [2.05, 4.69) is 26.1 Å². The Bertz CT molecular complexity index is 1480. The molecule has 1 aliphatic heterocycles. The maximum absolute atomic E-state index is 12.4. The number of rotatable bonds is 6. The standard InChI is InChI=1S/C25H17BrN6O3S/c26-19-8-12-20(13-9-19)30-15-18(24(29-30)17-6-10-22(11-7-17)32(34)35)14-27-28-25-31(23(33)16-36-25)21-4-2-1-3-5-21/h1-15H,16H2/b27-14+,28-25+. The van der Waals surface area contributed by atoms with Gasteiger partial charge in [-0.2, -0.15) is 10.2 Å². The first-order valence-corrected chi connectivity index (χ1v) is 12.5. The van der Waals surface area contributed by atoms with E-state index in [1.165, 1.54) is 23.9 Å². The number of nitro benzene ring substituents is 1. The molecule has 4 aromatic rings. The summed E-state index contributed by atoms with van der Waals surface area (Å²) in [6.07, 6.45) is 3.38. The highest BCUT2D eigenvalue weighted by Gasteiger charge is 2.29. The van der Waals surface area contributed by atoms with Crippen molar-refractivity contribution >= 4 is 56.4 Å². The molecule has 1 aliphatic rings. The average Bonchev–Trinajstić information content (AvgIpc) is 3.48. The van der Waals surface area contributed by atoms with Crippen molar-refractivity contribution < 1.29 is 9.72 Å². The Hall–Kier alpha value is -4.09. The lowest BCUT2D eigenvalue weighted by Crippen LogP contribution is -2.28. The Kier molecular flexibility index (Phi) is 6.74. The zero-order chi connectivity index (χ0) is 25.1. The highest BCUT2D eigenvalue weighted by atomic mass is 79.9. The molecule has 0 atom stereocenters. The molecule has 1 fully saturated rings. The van der Waals surface area contributed by atoms with Crippen LogP contribution in [-0.4, -0.2) is 37.7 Å². The molecule has 178 valence electrons. The lowest BCUT2D eigenvalue weighted by Gasteiger charge is -2.14. The van der Waals surface area contributed by atoms with Gasteiger partial charge in [-0.1, -0.05) is 45.9 Å². The monoisotopic (exact) mass is 560 g/mol. The van der Waals surface area contributed by atoms with E-state index in [0.29, 0.717) is 27.7 Å². The molecule has 0 aliphatic carbocycles. The van der Waals surface area contributed by atoms with Gasteiger partial charge in [0.2, 0.25) is 5.91 Å². The van der Waals surface area contributed by atoms with Crippen LogP contribution in [0.4, 0.5) is 11.4 Å². The van der Waals surface area contributed by atoms with Gasteiger partial charge in [0.15, 0.2) is 5.17 Å². The number of halogens is 1. The lowest BCUT2D eigenvalue weighted by molar-refractivity contribution is -0.384. The quantitative estimate of drug-likeness (QED) is 0.171. The molecular formula is C25H17BrN6O3S. The van der Waals surface area contributed by atoms with Gasteiger partial charge in [0.1, 0.15) is 5.69 Å². The van der Waals surface area contributed by atoms with Gasteiger partial charge < -0.3 is 0 Å². The highest BCUT2D eigenvalue weighted by Crippen LogP contribution is 2.28. The van der Waals surface area contributed by atoms with E-state index < -0.39 is 4.92 Å². The van der Waals surface area contributed by atoms with Gasteiger partial charge in [0.05, 0.1) is 28.3 Å². The molecule has 0 saturated carbocycles. The van der Waals surface area contributed by atoms with Crippen molar-refractivity contribution in [1.82, 2.24) is 9.78 Å². The van der Waals surface area contributed by atoms with Crippen molar-refractivity contribution in [3.05, 3.63) is 105 Å². The van der Waals surface area contributed by atoms with E-state index >= 15 is 0 Å². The number of amides is 1. The summed E-state index contributed by atoms with van der Waals surface area (Å²) in [7, 11) is 0. The van der Waals surface area contributed by atoms with Crippen LogP contribution in [0.2, 0.25) is 0 Å². The van der Waals surface area contributed by atoms with Gasteiger partial charge in [0, 0.05) is 33.9 Å². The highest BCUT2D eigenvalue weighted by molar-refractivity contribution is 9.10. The number of amidine groups is 1. The number of hydrogen-bond donors (Lipinski definition) is 0. The molecule has 0 spiro atoms. The van der Waals surface area contributed by atoms with E-state index in [4.69, 9.17) is 5.10 Å². The third-order valence-electron chi connectivity index (χ3n) is 5.31. The SMILES string of the molecule is O=C1CS/C(=N/N=C/c2cn(-c3ccc(Br)cc3)nc2-c2ccc([N+](=O)[O-])cc2)N1c1ccccc1. The number of thioether (sulfide) groups is 1. The molecule has 11 heteroatoms. The van der Waals surface area contributed by atoms with Gasteiger partial charge >= 0.3 is 0 Å². The van der Waals surface area contributed by atoms with Crippen LogP contribution < -0.4 is 4.90 Å². The number of nitrogens with zero attached hydrogens (tertiary/aromatic N) is 6. The van der Waals surface area contributed by atoms with Crippen molar-refractivity contribution in [3.8, 4) is 16.9 Å². The van der Waals surface area contributed by atoms with Crippen molar-refractivity contribution in [2.45, 2.75) is 0 Å². The second-order valence-corrected chi connectivity index (χ2v) is 9.50. The van der Waals surface area contributed by atoms with Crippen LogP contribution in [0.1, 0.15) is 5.56 Å². The fourth-order valence-corrected chi connectivity index (χ4v) is 4.67. The Morgan fingerprint density at radius 3 is 2.42 bits per heavy atom. The van der Waals surface area contributed by atoms with Crippen LogP contribution >= 0.6 is 27.7 Å². The van der Waals surface area contributed by atoms with Crippen LogP contribution in [0, 0.1) is 10.1 Å². The number of para-hydroxylation sites is 1. The summed E-state index contributed by atoms with van der Waals surface area (Å²) in [4.78, 5) is 24.6. The first-order chi connectivity index (χ1) is 17.5. The Morgan fingerprint density at radius 1 is 1.00 bits per heavy atom. The van der Waals surface area contributed by atoms with E-state index in [-0.39, 0.29) is 11.6 Å². The summed E-state index contributed by atoms with van der Waals surface area (Å²) < 4.78 is 2.65. The second kappa shape index (κ2) is 10.3. The summed E-state index contributed by atoms with van der Waals surface area (Å²) in [5.41, 5.74) is 3.51. The van der Waals surface area contributed by atoms with Crippen LogP contribution in [0.3, 0.4) is 0 Å². The first-order valence-electron chi connectivity index (χ1n) is 10.7. The summed E-state index contributed by atoms with van der Waals surface area (Å²) in [6, 6.07) is 23.1. The molecular weight excluding hydrogens is 544 g/mol. The molecule has 1 aromatic heterocycles. The van der Waals surface area contributed by atoms with Crippen molar-refractivity contribution in [2.24, 2.45) is 10.2 Å². The predicted octanol–water partition coefficient (Wildman–Crippen LogP) is 5.68. The zero-order valence-corrected chi connectivity index (χ0v) is 21.0. The lowest BCUT2D eigenvalue weighted by atomic mass is 10.1. The molecule has 5 rings (SSSR count). The van der Waals surface area contributed by atoms with E-state index in [1.54, 1.807) is 27.9 Å². The number of carbonyl (C=O) groups excluding carboxylic acids is 1. The molecule has 2 heterocycles. The normalized spacial score (nSPS) is 14.8. The number of benzene rings is 3. The first kappa shape index (κ1) is 23.6. The minimum Gasteiger partial charge on any atom is -0.273 e. The molecule has 0 bridgehead atoms. The number of aromatic nitrogens is 2. The minimum absolute atomic E-state index is 0.00311. The molecule has 1 saturated heterocycles. The number of nitro groups is 1. The molecule has 0 unspecified atom stereocenters. The average molecular weight is 561 g/mol. The number of anilines is 1.